The van der Waals surface area contributed by atoms with Gasteiger partial charge in [0.25, 0.3) is 0 Å². The van der Waals surface area contributed by atoms with Crippen molar-refractivity contribution in [2.75, 3.05) is 20.3 Å². The second-order valence-electron chi connectivity index (χ2n) is 12.1. The number of carbonyl (C=O) groups is 1. The minimum Gasteiger partial charge on any atom is -0.469 e. The highest BCUT2D eigenvalue weighted by molar-refractivity contribution is 5.68. The first-order valence-corrected chi connectivity index (χ1v) is 16.5. The molecule has 44 heavy (non-hydrogen) atoms. The lowest BCUT2D eigenvalue weighted by molar-refractivity contribution is -0.336. The van der Waals surface area contributed by atoms with Crippen LogP contribution in [0.4, 0.5) is 0 Å². The maximum atomic E-state index is 11.2. The first kappa shape index (κ1) is 39.2. The Hall–Kier alpha value is -0.970. The van der Waals surface area contributed by atoms with Crippen LogP contribution in [0, 0.1) is 0 Å². The molecule has 0 spiro atoms. The summed E-state index contributed by atoms with van der Waals surface area (Å²) in [6.45, 7) is 1.13. The van der Waals surface area contributed by atoms with Crippen molar-refractivity contribution in [3.8, 4) is 0 Å². The molecule has 13 heteroatoms. The summed E-state index contributed by atoms with van der Waals surface area (Å²) in [5.74, 6) is -0.162. The van der Waals surface area contributed by atoms with Crippen molar-refractivity contribution in [2.24, 2.45) is 0 Å². The molecule has 2 saturated heterocycles. The van der Waals surface area contributed by atoms with Gasteiger partial charge in [-0.15, -0.1) is 0 Å². The third kappa shape index (κ3) is 13.0. The topological polar surface area (TPSA) is 205 Å². The van der Waals surface area contributed by atoms with Crippen molar-refractivity contribution in [1.29, 1.82) is 0 Å². The first-order chi connectivity index (χ1) is 21.1. The van der Waals surface area contributed by atoms with Crippen LogP contribution >= 0.6 is 0 Å². The van der Waals surface area contributed by atoms with E-state index < -0.39 is 74.6 Å². The molecule has 0 amide bonds. The van der Waals surface area contributed by atoms with Crippen molar-refractivity contribution in [2.45, 2.75) is 171 Å². The molecule has 11 atom stereocenters. The molecule has 7 N–H and O–H groups in total. The molecule has 2 aliphatic heterocycles. The minimum atomic E-state index is -1.63. The van der Waals surface area contributed by atoms with E-state index >= 15 is 0 Å². The SMILES string of the molecule is CCCCCCC(CCCCCCCCCCC(=O)OC)O[C@@H]1O[C@H](CO[C@H]2O[C@H](CO)[C@@H](O)[C@H](O)[C@H]2O)[C@@H](O)[C@H](O)[C@H]1O. The summed E-state index contributed by atoms with van der Waals surface area (Å²) >= 11 is 0. The third-order valence-corrected chi connectivity index (χ3v) is 8.53. The number of hydrogen-bond acceptors (Lipinski definition) is 13. The van der Waals surface area contributed by atoms with Crippen molar-refractivity contribution in [1.82, 2.24) is 0 Å². The van der Waals surface area contributed by atoms with Gasteiger partial charge in [0.15, 0.2) is 12.6 Å². The first-order valence-electron chi connectivity index (χ1n) is 16.5. The van der Waals surface area contributed by atoms with Crippen LogP contribution in [-0.4, -0.2) is 130 Å². The van der Waals surface area contributed by atoms with E-state index in [-0.39, 0.29) is 12.1 Å². The van der Waals surface area contributed by atoms with Crippen LogP contribution in [0.2, 0.25) is 0 Å². The van der Waals surface area contributed by atoms with Gasteiger partial charge in [0.2, 0.25) is 0 Å². The van der Waals surface area contributed by atoms with E-state index in [0.29, 0.717) is 6.42 Å². The third-order valence-electron chi connectivity index (χ3n) is 8.53. The molecular formula is C31H58O13. The summed E-state index contributed by atoms with van der Waals surface area (Å²) in [6.07, 6.45) is -0.172. The number of rotatable bonds is 22. The molecule has 0 aromatic heterocycles. The predicted molar refractivity (Wildman–Crippen MR) is 158 cm³/mol. The molecular weight excluding hydrogens is 580 g/mol. The largest absolute Gasteiger partial charge is 0.469 e. The minimum absolute atomic E-state index is 0.162. The van der Waals surface area contributed by atoms with E-state index in [1.165, 1.54) is 7.11 Å². The number of aliphatic hydroxyl groups excluding tert-OH is 7. The highest BCUT2D eigenvalue weighted by atomic mass is 16.7. The lowest BCUT2D eigenvalue weighted by Crippen LogP contribution is -2.62. The number of methoxy groups -OCH3 is 1. The van der Waals surface area contributed by atoms with Gasteiger partial charge in [-0.2, -0.15) is 0 Å². The molecule has 0 bridgehead atoms. The van der Waals surface area contributed by atoms with Crippen LogP contribution < -0.4 is 0 Å². The highest BCUT2D eigenvalue weighted by Crippen LogP contribution is 2.28. The molecule has 2 fully saturated rings. The van der Waals surface area contributed by atoms with Gasteiger partial charge in [0, 0.05) is 6.42 Å². The average Bonchev–Trinajstić information content (AvgIpc) is 3.02. The molecule has 13 nitrogen and oxygen atoms in total. The number of unbranched alkanes of at least 4 members (excludes halogenated alkanes) is 10. The van der Waals surface area contributed by atoms with Crippen molar-refractivity contribution in [3.63, 3.8) is 0 Å². The van der Waals surface area contributed by atoms with Crippen molar-refractivity contribution in [3.05, 3.63) is 0 Å². The summed E-state index contributed by atoms with van der Waals surface area (Å²) in [5.41, 5.74) is 0. The zero-order valence-electron chi connectivity index (χ0n) is 26.5. The Morgan fingerprint density at radius 1 is 0.659 bits per heavy atom. The maximum Gasteiger partial charge on any atom is 0.305 e. The van der Waals surface area contributed by atoms with Gasteiger partial charge in [0.05, 0.1) is 26.4 Å². The second kappa shape index (κ2) is 21.8. The Balaban J connectivity index is 1.85. The number of ether oxygens (including phenoxy) is 5. The number of carbonyl (C=O) groups excluding carboxylic acids is 1. The van der Waals surface area contributed by atoms with E-state index in [0.717, 1.165) is 89.9 Å². The van der Waals surface area contributed by atoms with E-state index in [2.05, 4.69) is 11.7 Å². The summed E-state index contributed by atoms with van der Waals surface area (Å²) in [5, 5.41) is 71.4. The number of hydrogen-bond donors (Lipinski definition) is 7. The Morgan fingerprint density at radius 2 is 1.16 bits per heavy atom. The predicted octanol–water partition coefficient (Wildman–Crippen LogP) is 1.04. The maximum absolute atomic E-state index is 11.2. The molecule has 0 aromatic carbocycles. The number of esters is 1. The lowest BCUT2D eigenvalue weighted by Gasteiger charge is -2.43. The molecule has 1 unspecified atom stereocenters. The van der Waals surface area contributed by atoms with Crippen LogP contribution in [0.5, 0.6) is 0 Å². The van der Waals surface area contributed by atoms with Gasteiger partial charge < -0.3 is 59.4 Å². The Kier molecular flexibility index (Phi) is 19.4. The molecule has 2 heterocycles. The standard InChI is InChI=1S/C31H58O13/c1-3-4-5-12-15-20(16-13-10-8-6-7-9-11-14-17-23(33)40-2)42-31-29(39)27(37)25(35)22(44-31)19-41-30-28(38)26(36)24(34)21(18-32)43-30/h20-22,24-32,34-39H,3-19H2,1-2H3/t20?,21-,22-,24-,25-,26+,27+,28-,29-,30+,31-/m1/s1. The monoisotopic (exact) mass is 638 g/mol. The zero-order valence-corrected chi connectivity index (χ0v) is 26.5. The highest BCUT2D eigenvalue weighted by Gasteiger charge is 2.47. The van der Waals surface area contributed by atoms with E-state index in [4.69, 9.17) is 18.9 Å². The molecule has 0 radical (unpaired) electrons. The van der Waals surface area contributed by atoms with Crippen LogP contribution in [0.1, 0.15) is 103 Å². The van der Waals surface area contributed by atoms with Crippen LogP contribution in [0.25, 0.3) is 0 Å². The van der Waals surface area contributed by atoms with Crippen molar-refractivity contribution >= 4 is 5.97 Å². The zero-order chi connectivity index (χ0) is 32.5. The Morgan fingerprint density at radius 3 is 1.73 bits per heavy atom. The van der Waals surface area contributed by atoms with Crippen LogP contribution in [0.3, 0.4) is 0 Å². The molecule has 2 rings (SSSR count). The molecule has 2 aliphatic rings. The molecule has 0 aromatic rings. The van der Waals surface area contributed by atoms with Crippen molar-refractivity contribution < 1.29 is 64.2 Å². The summed E-state index contributed by atoms with van der Waals surface area (Å²) in [6, 6.07) is 0. The van der Waals surface area contributed by atoms with E-state index in [1.54, 1.807) is 0 Å². The normalized spacial score (nSPS) is 33.3. The fourth-order valence-electron chi connectivity index (χ4n) is 5.63. The van der Waals surface area contributed by atoms with E-state index in [1.807, 2.05) is 0 Å². The van der Waals surface area contributed by atoms with E-state index in [9.17, 15) is 40.5 Å². The summed E-state index contributed by atoms with van der Waals surface area (Å²) in [7, 11) is 1.41. The van der Waals surface area contributed by atoms with Gasteiger partial charge in [-0.05, 0) is 19.3 Å². The average molecular weight is 639 g/mol. The van der Waals surface area contributed by atoms with Crippen LogP contribution in [0.15, 0.2) is 0 Å². The fourth-order valence-corrected chi connectivity index (χ4v) is 5.63. The van der Waals surface area contributed by atoms with Gasteiger partial charge in [-0.25, -0.2) is 0 Å². The van der Waals surface area contributed by atoms with Gasteiger partial charge in [-0.3, -0.25) is 4.79 Å². The summed E-state index contributed by atoms with van der Waals surface area (Å²) < 4.78 is 27.6. The Labute approximate surface area is 261 Å². The molecule has 0 aliphatic carbocycles. The molecule has 0 saturated carbocycles. The van der Waals surface area contributed by atoms with Gasteiger partial charge >= 0.3 is 5.97 Å². The second-order valence-corrected chi connectivity index (χ2v) is 12.1. The smallest absolute Gasteiger partial charge is 0.305 e. The fraction of sp³-hybridized carbons (Fsp3) is 0.968. The quantitative estimate of drug-likeness (QED) is 0.0655. The number of aliphatic hydroxyl groups is 7. The lowest BCUT2D eigenvalue weighted by atomic mass is 9.98. The molecule has 260 valence electrons. The Bertz CT molecular complexity index is 756. The van der Waals surface area contributed by atoms with Gasteiger partial charge in [0.1, 0.15) is 48.8 Å². The van der Waals surface area contributed by atoms with Crippen LogP contribution in [-0.2, 0) is 28.5 Å². The summed E-state index contributed by atoms with van der Waals surface area (Å²) in [4.78, 5) is 11.2. The van der Waals surface area contributed by atoms with Gasteiger partial charge in [-0.1, -0.05) is 77.6 Å².